The van der Waals surface area contributed by atoms with Gasteiger partial charge in [-0.25, -0.2) is 9.67 Å². The Morgan fingerprint density at radius 1 is 0.906 bits per heavy atom. The molecule has 1 aliphatic rings. The van der Waals surface area contributed by atoms with Crippen molar-refractivity contribution in [3.63, 3.8) is 0 Å². The van der Waals surface area contributed by atoms with Crippen molar-refractivity contribution in [2.24, 2.45) is 14.1 Å². The van der Waals surface area contributed by atoms with Gasteiger partial charge in [-0.15, -0.1) is 0 Å². The lowest BCUT2D eigenvalue weighted by Crippen LogP contribution is -2.21. The molecule has 0 aliphatic carbocycles. The summed E-state index contributed by atoms with van der Waals surface area (Å²) in [5.41, 5.74) is 4.49. The van der Waals surface area contributed by atoms with E-state index < -0.39 is 0 Å². The first-order valence-electron chi connectivity index (χ1n) is 10.7. The van der Waals surface area contributed by atoms with Gasteiger partial charge in [0.2, 0.25) is 0 Å². The normalized spacial score (nSPS) is 16.8. The maximum absolute atomic E-state index is 5.99. The predicted molar refractivity (Wildman–Crippen MR) is 118 cm³/mol. The van der Waals surface area contributed by atoms with E-state index in [2.05, 4.69) is 21.4 Å². The standard InChI is InChI=1S/C22H23N9O/c1-28-18(6-9-23-28)15-13-17(19-7-10-24-29(19)2)27-22-16(15)14-26-31(22)20-8-11-25-30(20)21-5-3-4-12-32-21/h6-11,13-14,21H,3-5,12H2,1-2H3. The average Bonchev–Trinajstić information content (AvgIpc) is 3.60. The van der Waals surface area contributed by atoms with Crippen molar-refractivity contribution in [2.45, 2.75) is 25.5 Å². The van der Waals surface area contributed by atoms with Crippen LogP contribution in [-0.4, -0.2) is 50.7 Å². The molecule has 0 saturated carbocycles. The quantitative estimate of drug-likeness (QED) is 0.436. The summed E-state index contributed by atoms with van der Waals surface area (Å²) in [5, 5.41) is 18.9. The Bertz CT molecular complexity index is 1400. The highest BCUT2D eigenvalue weighted by molar-refractivity contribution is 5.94. The summed E-state index contributed by atoms with van der Waals surface area (Å²) in [7, 11) is 3.85. The highest BCUT2D eigenvalue weighted by Crippen LogP contribution is 2.33. The third-order valence-electron chi connectivity index (χ3n) is 6.02. The molecular formula is C22H23N9O. The van der Waals surface area contributed by atoms with Gasteiger partial charge in [-0.05, 0) is 37.5 Å². The van der Waals surface area contributed by atoms with Gasteiger partial charge in [-0.2, -0.15) is 25.1 Å². The van der Waals surface area contributed by atoms with Crippen molar-refractivity contribution < 1.29 is 4.74 Å². The third kappa shape index (κ3) is 2.94. The molecule has 5 aromatic rings. The lowest BCUT2D eigenvalue weighted by molar-refractivity contribution is -0.0395. The third-order valence-corrected chi connectivity index (χ3v) is 6.02. The average molecular weight is 429 g/mol. The number of hydrogen-bond acceptors (Lipinski definition) is 6. The minimum atomic E-state index is -0.0928. The van der Waals surface area contributed by atoms with E-state index in [-0.39, 0.29) is 6.23 Å². The lowest BCUT2D eigenvalue weighted by Gasteiger charge is -2.24. The summed E-state index contributed by atoms with van der Waals surface area (Å²) >= 11 is 0. The number of nitrogens with zero attached hydrogens (tertiary/aromatic N) is 9. The zero-order chi connectivity index (χ0) is 21.7. The molecule has 1 atom stereocenters. The molecule has 10 nitrogen and oxygen atoms in total. The van der Waals surface area contributed by atoms with Gasteiger partial charge >= 0.3 is 0 Å². The fraction of sp³-hybridized carbons (Fsp3) is 0.318. The van der Waals surface area contributed by atoms with Crippen LogP contribution in [0.25, 0.3) is 39.5 Å². The van der Waals surface area contributed by atoms with Crippen LogP contribution in [0.3, 0.4) is 0 Å². The van der Waals surface area contributed by atoms with Gasteiger partial charge in [-0.1, -0.05) is 0 Å². The molecule has 32 heavy (non-hydrogen) atoms. The molecular weight excluding hydrogens is 406 g/mol. The number of ether oxygens (including phenoxy) is 1. The van der Waals surface area contributed by atoms with E-state index in [0.29, 0.717) is 0 Å². The van der Waals surface area contributed by atoms with Crippen LogP contribution in [-0.2, 0) is 18.8 Å². The van der Waals surface area contributed by atoms with Crippen LogP contribution in [0, 0.1) is 0 Å². The predicted octanol–water partition coefficient (Wildman–Crippen LogP) is 3.12. The van der Waals surface area contributed by atoms with Crippen LogP contribution in [0.2, 0.25) is 0 Å². The zero-order valence-corrected chi connectivity index (χ0v) is 18.0. The van der Waals surface area contributed by atoms with E-state index in [9.17, 15) is 0 Å². The van der Waals surface area contributed by atoms with Crippen molar-refractivity contribution in [3.8, 4) is 28.5 Å². The molecule has 1 saturated heterocycles. The summed E-state index contributed by atoms with van der Waals surface area (Å²) in [4.78, 5) is 5.01. The van der Waals surface area contributed by atoms with Gasteiger partial charge in [0.25, 0.3) is 0 Å². The number of hydrogen-bond donors (Lipinski definition) is 0. The van der Waals surface area contributed by atoms with Gasteiger partial charge in [-0.3, -0.25) is 9.36 Å². The first-order valence-corrected chi connectivity index (χ1v) is 10.7. The Balaban J connectivity index is 1.58. The minimum absolute atomic E-state index is 0.0928. The van der Waals surface area contributed by atoms with Crippen molar-refractivity contribution in [1.82, 2.24) is 44.1 Å². The summed E-state index contributed by atoms with van der Waals surface area (Å²) < 4.78 is 13.4. The van der Waals surface area contributed by atoms with Crippen LogP contribution in [0.4, 0.5) is 0 Å². The van der Waals surface area contributed by atoms with Gasteiger partial charge in [0.05, 0.1) is 29.5 Å². The minimum Gasteiger partial charge on any atom is -0.356 e. The Labute approximate surface area is 184 Å². The second-order valence-corrected chi connectivity index (χ2v) is 7.98. The first kappa shape index (κ1) is 18.9. The largest absolute Gasteiger partial charge is 0.356 e. The zero-order valence-electron chi connectivity index (χ0n) is 18.0. The Morgan fingerprint density at radius 2 is 1.69 bits per heavy atom. The number of fused-ring (bicyclic) bond motifs is 1. The van der Waals surface area contributed by atoms with Crippen molar-refractivity contribution in [3.05, 3.63) is 49.1 Å². The fourth-order valence-electron chi connectivity index (χ4n) is 4.39. The molecule has 0 aromatic carbocycles. The number of pyridine rings is 1. The molecule has 10 heteroatoms. The molecule has 1 fully saturated rings. The SMILES string of the molecule is Cn1nccc1-c1cc(-c2ccnn2C)c2cnn(-c3ccnn3C3CCCCO3)c2n1. The smallest absolute Gasteiger partial charge is 0.166 e. The summed E-state index contributed by atoms with van der Waals surface area (Å²) in [6.07, 6.45) is 10.3. The van der Waals surface area contributed by atoms with Crippen LogP contribution in [0.1, 0.15) is 25.5 Å². The highest BCUT2D eigenvalue weighted by Gasteiger charge is 2.23. The first-order chi connectivity index (χ1) is 15.7. The highest BCUT2D eigenvalue weighted by atomic mass is 16.5. The van der Waals surface area contributed by atoms with Crippen LogP contribution in [0.15, 0.2) is 49.1 Å². The summed E-state index contributed by atoms with van der Waals surface area (Å²) in [5.74, 6) is 0.831. The fourth-order valence-corrected chi connectivity index (χ4v) is 4.39. The Kier molecular flexibility index (Phi) is 4.39. The van der Waals surface area contributed by atoms with E-state index in [1.165, 1.54) is 0 Å². The van der Waals surface area contributed by atoms with Crippen molar-refractivity contribution >= 4 is 11.0 Å². The summed E-state index contributed by atoms with van der Waals surface area (Å²) in [6, 6.07) is 7.98. The lowest BCUT2D eigenvalue weighted by atomic mass is 10.1. The second kappa shape index (κ2) is 7.41. The summed E-state index contributed by atoms with van der Waals surface area (Å²) in [6.45, 7) is 0.747. The Morgan fingerprint density at radius 3 is 2.41 bits per heavy atom. The van der Waals surface area contributed by atoms with Crippen LogP contribution >= 0.6 is 0 Å². The molecule has 6 rings (SSSR count). The molecule has 1 aliphatic heterocycles. The molecule has 1 unspecified atom stereocenters. The topological polar surface area (TPSA) is 93.4 Å². The monoisotopic (exact) mass is 429 g/mol. The van der Waals surface area contributed by atoms with Gasteiger partial charge in [0.1, 0.15) is 0 Å². The van der Waals surface area contributed by atoms with Gasteiger partial charge in [0.15, 0.2) is 17.7 Å². The number of aryl methyl sites for hydroxylation is 2. The van der Waals surface area contributed by atoms with Crippen LogP contribution < -0.4 is 0 Å². The van der Waals surface area contributed by atoms with Gasteiger partial charge < -0.3 is 4.74 Å². The van der Waals surface area contributed by atoms with Crippen molar-refractivity contribution in [2.75, 3.05) is 6.61 Å². The van der Waals surface area contributed by atoms with E-state index in [0.717, 1.165) is 65.4 Å². The van der Waals surface area contributed by atoms with Crippen LogP contribution in [0.5, 0.6) is 0 Å². The maximum Gasteiger partial charge on any atom is 0.166 e. The number of rotatable bonds is 4. The molecule has 0 radical (unpaired) electrons. The van der Waals surface area contributed by atoms with E-state index >= 15 is 0 Å². The van der Waals surface area contributed by atoms with Gasteiger partial charge in [0, 0.05) is 50.1 Å². The molecule has 6 heterocycles. The maximum atomic E-state index is 5.99. The van der Waals surface area contributed by atoms with E-state index in [1.54, 1.807) is 18.6 Å². The molecule has 0 amide bonds. The molecule has 0 bridgehead atoms. The van der Waals surface area contributed by atoms with Crippen molar-refractivity contribution in [1.29, 1.82) is 0 Å². The number of aromatic nitrogens is 9. The molecule has 0 spiro atoms. The Hall–Kier alpha value is -3.79. The molecule has 5 aromatic heterocycles. The van der Waals surface area contributed by atoms with E-state index in [4.69, 9.17) is 14.8 Å². The van der Waals surface area contributed by atoms with E-state index in [1.807, 2.05) is 57.2 Å². The second-order valence-electron chi connectivity index (χ2n) is 7.98. The molecule has 162 valence electrons. The molecule has 0 N–H and O–H groups in total.